The van der Waals surface area contributed by atoms with E-state index >= 15 is 0 Å². The molecule has 0 spiro atoms. The molecule has 0 unspecified atom stereocenters. The fourth-order valence-corrected chi connectivity index (χ4v) is 3.79. The van der Waals surface area contributed by atoms with Crippen molar-refractivity contribution in [3.8, 4) is 0 Å². The Kier molecular flexibility index (Phi) is 5.10. The molecule has 0 bridgehead atoms. The highest BCUT2D eigenvalue weighted by Gasteiger charge is 2.19. The summed E-state index contributed by atoms with van der Waals surface area (Å²) in [4.78, 5) is 16.9. The molecular formula is C22H24FN3O. The van der Waals surface area contributed by atoms with Crippen LogP contribution in [0.2, 0.25) is 0 Å². The molecule has 0 radical (unpaired) electrons. The molecule has 140 valence electrons. The van der Waals surface area contributed by atoms with Crippen LogP contribution in [0, 0.1) is 5.82 Å². The van der Waals surface area contributed by atoms with Crippen molar-refractivity contribution in [1.29, 1.82) is 0 Å². The molecule has 2 aromatic carbocycles. The summed E-state index contributed by atoms with van der Waals surface area (Å²) in [5.41, 5.74) is 2.19. The fourth-order valence-electron chi connectivity index (χ4n) is 3.79. The lowest BCUT2D eigenvalue weighted by molar-refractivity contribution is -0.131. The van der Waals surface area contributed by atoms with Crippen LogP contribution in [-0.2, 0) is 11.3 Å². The van der Waals surface area contributed by atoms with Crippen molar-refractivity contribution in [2.24, 2.45) is 0 Å². The molecule has 1 aromatic heterocycles. The maximum Gasteiger partial charge on any atom is 0.224 e. The monoisotopic (exact) mass is 365 g/mol. The van der Waals surface area contributed by atoms with E-state index in [1.165, 1.54) is 23.0 Å². The molecule has 3 aromatic rings. The topological polar surface area (TPSA) is 28.5 Å². The Morgan fingerprint density at radius 3 is 2.59 bits per heavy atom. The molecule has 1 amide bonds. The normalized spacial score (nSPS) is 15.1. The molecule has 0 aliphatic carbocycles. The van der Waals surface area contributed by atoms with Crippen molar-refractivity contribution in [2.75, 3.05) is 31.1 Å². The van der Waals surface area contributed by atoms with Crippen LogP contribution in [0.1, 0.15) is 12.8 Å². The molecule has 1 aliphatic heterocycles. The number of carbonyl (C=O) groups excluding carboxylic acids is 1. The second-order valence-corrected chi connectivity index (χ2v) is 7.02. The molecule has 0 atom stereocenters. The summed E-state index contributed by atoms with van der Waals surface area (Å²) in [6.07, 6.45) is 3.49. The van der Waals surface area contributed by atoms with E-state index in [0.717, 1.165) is 31.7 Å². The maximum atomic E-state index is 13.1. The van der Waals surface area contributed by atoms with Crippen LogP contribution >= 0.6 is 0 Å². The van der Waals surface area contributed by atoms with Crippen molar-refractivity contribution >= 4 is 22.5 Å². The molecular weight excluding hydrogens is 341 g/mol. The van der Waals surface area contributed by atoms with Crippen molar-refractivity contribution in [2.45, 2.75) is 19.4 Å². The molecule has 1 fully saturated rings. The van der Waals surface area contributed by atoms with Gasteiger partial charge in [-0.2, -0.15) is 0 Å². The van der Waals surface area contributed by atoms with E-state index in [2.05, 4.69) is 33.9 Å². The Morgan fingerprint density at radius 2 is 1.74 bits per heavy atom. The first-order chi connectivity index (χ1) is 13.2. The zero-order valence-electron chi connectivity index (χ0n) is 15.4. The highest BCUT2D eigenvalue weighted by Crippen LogP contribution is 2.18. The Balaban J connectivity index is 1.34. The van der Waals surface area contributed by atoms with Crippen LogP contribution in [0.3, 0.4) is 0 Å². The third-order valence-electron chi connectivity index (χ3n) is 5.29. The van der Waals surface area contributed by atoms with E-state index in [0.29, 0.717) is 19.5 Å². The standard InChI is InChI=1S/C22H24FN3O/c23-19-6-8-20(9-7-19)24-12-3-13-26(17-16-24)22(27)11-15-25-14-10-18-4-1-2-5-21(18)25/h1-2,4-10,14H,3,11-13,15-17H2. The first-order valence-corrected chi connectivity index (χ1v) is 9.53. The van der Waals surface area contributed by atoms with Gasteiger partial charge >= 0.3 is 0 Å². The quantitative estimate of drug-likeness (QED) is 0.701. The number of aromatic nitrogens is 1. The average Bonchev–Trinajstić information content (AvgIpc) is 2.94. The second-order valence-electron chi connectivity index (χ2n) is 7.02. The molecule has 27 heavy (non-hydrogen) atoms. The van der Waals surface area contributed by atoms with Crippen LogP contribution < -0.4 is 4.90 Å². The summed E-state index contributed by atoms with van der Waals surface area (Å²) < 4.78 is 15.3. The zero-order chi connectivity index (χ0) is 18.6. The second kappa shape index (κ2) is 7.82. The van der Waals surface area contributed by atoms with Gasteiger partial charge in [0.05, 0.1) is 0 Å². The maximum absolute atomic E-state index is 13.1. The number of aryl methyl sites for hydroxylation is 1. The third kappa shape index (κ3) is 3.97. The largest absolute Gasteiger partial charge is 0.370 e. The van der Waals surface area contributed by atoms with E-state index in [1.54, 1.807) is 0 Å². The SMILES string of the molecule is O=C(CCn1ccc2ccccc21)N1CCCN(c2ccc(F)cc2)CC1. The van der Waals surface area contributed by atoms with Gasteiger partial charge in [-0.25, -0.2) is 4.39 Å². The van der Waals surface area contributed by atoms with Gasteiger partial charge in [-0.1, -0.05) is 18.2 Å². The summed E-state index contributed by atoms with van der Waals surface area (Å²) in [6, 6.07) is 16.9. The number of fused-ring (bicyclic) bond motifs is 1. The molecule has 0 saturated carbocycles. The van der Waals surface area contributed by atoms with Gasteiger partial charge in [0.1, 0.15) is 5.82 Å². The van der Waals surface area contributed by atoms with Crippen molar-refractivity contribution in [3.63, 3.8) is 0 Å². The first-order valence-electron chi connectivity index (χ1n) is 9.53. The number of amides is 1. The van der Waals surface area contributed by atoms with Gasteiger partial charge in [-0.3, -0.25) is 4.79 Å². The summed E-state index contributed by atoms with van der Waals surface area (Å²) in [5, 5.41) is 1.20. The molecule has 2 heterocycles. The number of hydrogen-bond donors (Lipinski definition) is 0. The van der Waals surface area contributed by atoms with E-state index in [4.69, 9.17) is 0 Å². The smallest absolute Gasteiger partial charge is 0.224 e. The van der Waals surface area contributed by atoms with Crippen LogP contribution in [0.4, 0.5) is 10.1 Å². The first kappa shape index (κ1) is 17.6. The fraction of sp³-hybridized carbons (Fsp3) is 0.318. The van der Waals surface area contributed by atoms with Crippen molar-refractivity contribution in [1.82, 2.24) is 9.47 Å². The lowest BCUT2D eigenvalue weighted by Crippen LogP contribution is -2.35. The molecule has 0 N–H and O–H groups in total. The Morgan fingerprint density at radius 1 is 0.926 bits per heavy atom. The molecule has 4 rings (SSSR count). The van der Waals surface area contributed by atoms with Gasteiger partial charge in [-0.15, -0.1) is 0 Å². The van der Waals surface area contributed by atoms with Gasteiger partial charge in [0.2, 0.25) is 5.91 Å². The number of anilines is 1. The summed E-state index contributed by atoms with van der Waals surface area (Å²) >= 11 is 0. The lowest BCUT2D eigenvalue weighted by Gasteiger charge is -2.24. The van der Waals surface area contributed by atoms with Crippen molar-refractivity contribution in [3.05, 3.63) is 66.6 Å². The van der Waals surface area contributed by atoms with E-state index < -0.39 is 0 Å². The minimum Gasteiger partial charge on any atom is -0.370 e. The van der Waals surface area contributed by atoms with Crippen LogP contribution in [0.15, 0.2) is 60.8 Å². The Labute approximate surface area is 158 Å². The highest BCUT2D eigenvalue weighted by molar-refractivity contribution is 5.80. The summed E-state index contributed by atoms with van der Waals surface area (Å²) in [6.45, 7) is 3.86. The van der Waals surface area contributed by atoms with Crippen LogP contribution in [0.5, 0.6) is 0 Å². The number of halogens is 1. The van der Waals surface area contributed by atoms with E-state index in [1.807, 2.05) is 29.2 Å². The predicted molar refractivity (Wildman–Crippen MR) is 106 cm³/mol. The predicted octanol–water partition coefficient (Wildman–Crippen LogP) is 3.91. The van der Waals surface area contributed by atoms with E-state index in [9.17, 15) is 9.18 Å². The number of carbonyl (C=O) groups is 1. The molecule has 1 saturated heterocycles. The van der Waals surface area contributed by atoms with E-state index in [-0.39, 0.29) is 11.7 Å². The van der Waals surface area contributed by atoms with Crippen LogP contribution in [0.25, 0.3) is 10.9 Å². The minimum atomic E-state index is -0.220. The molecule has 1 aliphatic rings. The summed E-state index contributed by atoms with van der Waals surface area (Å²) in [5.74, 6) is -0.0170. The minimum absolute atomic E-state index is 0.203. The molecule has 5 heteroatoms. The zero-order valence-corrected chi connectivity index (χ0v) is 15.4. The highest BCUT2D eigenvalue weighted by atomic mass is 19.1. The Bertz CT molecular complexity index is 919. The summed E-state index contributed by atoms with van der Waals surface area (Å²) in [7, 11) is 0. The molecule has 4 nitrogen and oxygen atoms in total. The number of para-hydroxylation sites is 1. The van der Waals surface area contributed by atoms with Crippen LogP contribution in [-0.4, -0.2) is 41.6 Å². The number of benzene rings is 2. The third-order valence-corrected chi connectivity index (χ3v) is 5.29. The number of rotatable bonds is 4. The number of hydrogen-bond acceptors (Lipinski definition) is 2. The lowest BCUT2D eigenvalue weighted by atomic mass is 10.2. The van der Waals surface area contributed by atoms with Gasteiger partial charge in [0.15, 0.2) is 0 Å². The number of nitrogens with zero attached hydrogens (tertiary/aromatic N) is 3. The Hall–Kier alpha value is -2.82. The van der Waals surface area contributed by atoms with Gasteiger partial charge in [-0.05, 0) is 48.2 Å². The van der Waals surface area contributed by atoms with Gasteiger partial charge in [0, 0.05) is 56.5 Å². The average molecular weight is 365 g/mol. The van der Waals surface area contributed by atoms with Gasteiger partial charge < -0.3 is 14.4 Å². The van der Waals surface area contributed by atoms with Gasteiger partial charge in [0.25, 0.3) is 0 Å². The van der Waals surface area contributed by atoms with Crippen molar-refractivity contribution < 1.29 is 9.18 Å².